The number of aryl methyl sites for hydroxylation is 1. The van der Waals surface area contributed by atoms with Crippen LogP contribution in [0.5, 0.6) is 0 Å². The van der Waals surface area contributed by atoms with Crippen LogP contribution in [0.25, 0.3) is 0 Å². The Hall–Kier alpha value is -1.95. The summed E-state index contributed by atoms with van der Waals surface area (Å²) in [7, 11) is 0. The van der Waals surface area contributed by atoms with Gasteiger partial charge in [-0.2, -0.15) is 0 Å². The van der Waals surface area contributed by atoms with Crippen LogP contribution in [0.3, 0.4) is 0 Å². The predicted molar refractivity (Wildman–Crippen MR) is 96.9 cm³/mol. The molecular weight excluding hydrogens is 324 g/mol. The summed E-state index contributed by atoms with van der Waals surface area (Å²) in [5.74, 6) is 2.55. The van der Waals surface area contributed by atoms with Gasteiger partial charge in [0, 0.05) is 37.7 Å². The molecule has 0 unspecified atom stereocenters. The molecule has 3 heterocycles. The Morgan fingerprint density at radius 3 is 2.12 bits per heavy atom. The summed E-state index contributed by atoms with van der Waals surface area (Å²) in [6, 6.07) is 2.11. The molecule has 7 heteroatoms. The Morgan fingerprint density at radius 2 is 1.54 bits per heavy atom. The average Bonchev–Trinajstić information content (AvgIpc) is 2.54. The molecule has 0 bridgehead atoms. The lowest BCUT2D eigenvalue weighted by Gasteiger charge is -2.35. The highest BCUT2D eigenvalue weighted by Crippen LogP contribution is 2.24. The molecule has 24 heavy (non-hydrogen) atoms. The molecule has 0 spiro atoms. The van der Waals surface area contributed by atoms with Gasteiger partial charge >= 0.3 is 0 Å². The monoisotopic (exact) mass is 346 g/mol. The van der Waals surface area contributed by atoms with Gasteiger partial charge in [-0.1, -0.05) is 32.4 Å². The average molecular weight is 347 g/mol. The van der Waals surface area contributed by atoms with Crippen molar-refractivity contribution in [3.63, 3.8) is 0 Å². The molecule has 1 aliphatic rings. The summed E-state index contributed by atoms with van der Waals surface area (Å²) in [4.78, 5) is 22.3. The van der Waals surface area contributed by atoms with Crippen LogP contribution in [0, 0.1) is 6.92 Å². The minimum Gasteiger partial charge on any atom is -0.353 e. The Labute approximate surface area is 147 Å². The van der Waals surface area contributed by atoms with E-state index < -0.39 is 0 Å². The second-order valence-electron chi connectivity index (χ2n) is 7.08. The van der Waals surface area contributed by atoms with Crippen molar-refractivity contribution in [1.29, 1.82) is 0 Å². The van der Waals surface area contributed by atoms with Gasteiger partial charge in [0.05, 0.1) is 23.1 Å². The molecule has 6 nitrogen and oxygen atoms in total. The Kier molecular flexibility index (Phi) is 4.58. The second-order valence-corrected chi connectivity index (χ2v) is 7.52. The topological polar surface area (TPSA) is 58.0 Å². The first kappa shape index (κ1) is 16.9. The third-order valence-electron chi connectivity index (χ3n) is 4.09. The first-order chi connectivity index (χ1) is 11.3. The molecule has 0 N–H and O–H groups in total. The Bertz CT molecular complexity index is 702. The van der Waals surface area contributed by atoms with Crippen molar-refractivity contribution in [2.24, 2.45) is 0 Å². The van der Waals surface area contributed by atoms with E-state index in [0.717, 1.165) is 49.5 Å². The SMILES string of the molecule is Cc1nc(N2CCN(c3ncc(Cl)cn3)CC2)cc(C(C)(C)C)n1. The van der Waals surface area contributed by atoms with Crippen molar-refractivity contribution >= 4 is 23.4 Å². The van der Waals surface area contributed by atoms with Crippen LogP contribution in [0.4, 0.5) is 11.8 Å². The van der Waals surface area contributed by atoms with E-state index in [2.05, 4.69) is 56.6 Å². The largest absolute Gasteiger partial charge is 0.353 e. The minimum atomic E-state index is 0.0153. The van der Waals surface area contributed by atoms with Gasteiger partial charge in [-0.15, -0.1) is 0 Å². The zero-order valence-electron chi connectivity index (χ0n) is 14.6. The van der Waals surface area contributed by atoms with Gasteiger partial charge < -0.3 is 9.80 Å². The van der Waals surface area contributed by atoms with E-state index in [9.17, 15) is 0 Å². The Balaban J connectivity index is 1.73. The van der Waals surface area contributed by atoms with Crippen LogP contribution in [0.15, 0.2) is 18.5 Å². The fourth-order valence-corrected chi connectivity index (χ4v) is 2.80. The zero-order chi connectivity index (χ0) is 17.3. The minimum absolute atomic E-state index is 0.0153. The second kappa shape index (κ2) is 6.51. The smallest absolute Gasteiger partial charge is 0.225 e. The summed E-state index contributed by atoms with van der Waals surface area (Å²) in [6.45, 7) is 12.0. The Morgan fingerprint density at radius 1 is 0.958 bits per heavy atom. The molecule has 1 saturated heterocycles. The zero-order valence-corrected chi connectivity index (χ0v) is 15.4. The number of piperazine rings is 1. The molecule has 1 aliphatic heterocycles. The lowest BCUT2D eigenvalue weighted by molar-refractivity contribution is 0.561. The molecule has 0 amide bonds. The van der Waals surface area contributed by atoms with E-state index >= 15 is 0 Å². The number of anilines is 2. The molecule has 0 aliphatic carbocycles. The first-order valence-electron chi connectivity index (χ1n) is 8.16. The summed E-state index contributed by atoms with van der Waals surface area (Å²) >= 11 is 5.85. The van der Waals surface area contributed by atoms with Gasteiger partial charge in [0.25, 0.3) is 0 Å². The molecular formula is C17H23ClN6. The summed E-state index contributed by atoms with van der Waals surface area (Å²) < 4.78 is 0. The van der Waals surface area contributed by atoms with E-state index in [1.54, 1.807) is 12.4 Å². The van der Waals surface area contributed by atoms with Crippen LogP contribution in [-0.4, -0.2) is 46.1 Å². The molecule has 0 radical (unpaired) electrons. The maximum absolute atomic E-state index is 5.85. The molecule has 0 saturated carbocycles. The number of hydrogen-bond acceptors (Lipinski definition) is 6. The van der Waals surface area contributed by atoms with E-state index in [0.29, 0.717) is 5.02 Å². The third kappa shape index (κ3) is 3.75. The quantitative estimate of drug-likeness (QED) is 0.833. The summed E-state index contributed by atoms with van der Waals surface area (Å²) in [6.07, 6.45) is 3.28. The maximum Gasteiger partial charge on any atom is 0.225 e. The molecule has 2 aromatic heterocycles. The highest BCUT2D eigenvalue weighted by Gasteiger charge is 2.23. The van der Waals surface area contributed by atoms with E-state index in [4.69, 9.17) is 11.6 Å². The molecule has 128 valence electrons. The van der Waals surface area contributed by atoms with Crippen molar-refractivity contribution in [2.75, 3.05) is 36.0 Å². The number of nitrogens with zero attached hydrogens (tertiary/aromatic N) is 6. The molecule has 0 aromatic carbocycles. The van der Waals surface area contributed by atoms with Crippen LogP contribution in [0.1, 0.15) is 32.3 Å². The van der Waals surface area contributed by atoms with Crippen LogP contribution in [0.2, 0.25) is 5.02 Å². The number of rotatable bonds is 2. The van der Waals surface area contributed by atoms with Gasteiger partial charge in [-0.3, -0.25) is 0 Å². The summed E-state index contributed by atoms with van der Waals surface area (Å²) in [5, 5.41) is 0.559. The van der Waals surface area contributed by atoms with E-state index in [1.807, 2.05) is 6.92 Å². The normalized spacial score (nSPS) is 15.7. The number of halogens is 1. The highest BCUT2D eigenvalue weighted by atomic mass is 35.5. The molecule has 3 rings (SSSR count). The lowest BCUT2D eigenvalue weighted by Crippen LogP contribution is -2.47. The van der Waals surface area contributed by atoms with Crippen LogP contribution >= 0.6 is 11.6 Å². The summed E-state index contributed by atoms with van der Waals surface area (Å²) in [5.41, 5.74) is 1.09. The predicted octanol–water partition coefficient (Wildman–Crippen LogP) is 2.85. The molecule has 1 fully saturated rings. The van der Waals surface area contributed by atoms with Crippen molar-refractivity contribution in [3.05, 3.63) is 35.0 Å². The van der Waals surface area contributed by atoms with E-state index in [1.165, 1.54) is 0 Å². The van der Waals surface area contributed by atoms with Gasteiger partial charge in [0.2, 0.25) is 5.95 Å². The lowest BCUT2D eigenvalue weighted by atomic mass is 9.92. The van der Waals surface area contributed by atoms with Gasteiger partial charge in [-0.05, 0) is 6.92 Å². The van der Waals surface area contributed by atoms with Crippen molar-refractivity contribution in [2.45, 2.75) is 33.1 Å². The van der Waals surface area contributed by atoms with E-state index in [-0.39, 0.29) is 5.41 Å². The van der Waals surface area contributed by atoms with Crippen molar-refractivity contribution < 1.29 is 0 Å². The maximum atomic E-state index is 5.85. The fourth-order valence-electron chi connectivity index (χ4n) is 2.70. The number of aromatic nitrogens is 4. The highest BCUT2D eigenvalue weighted by molar-refractivity contribution is 6.30. The first-order valence-corrected chi connectivity index (χ1v) is 8.54. The number of hydrogen-bond donors (Lipinski definition) is 0. The molecule has 0 atom stereocenters. The van der Waals surface area contributed by atoms with Gasteiger partial charge in [0.15, 0.2) is 0 Å². The molecule has 2 aromatic rings. The van der Waals surface area contributed by atoms with Crippen molar-refractivity contribution in [1.82, 2.24) is 19.9 Å². The van der Waals surface area contributed by atoms with Gasteiger partial charge in [0.1, 0.15) is 11.6 Å². The van der Waals surface area contributed by atoms with Crippen molar-refractivity contribution in [3.8, 4) is 0 Å². The fraction of sp³-hybridized carbons (Fsp3) is 0.529. The third-order valence-corrected chi connectivity index (χ3v) is 4.28. The standard InChI is InChI=1S/C17H23ClN6/c1-12-21-14(17(2,3)4)9-15(22-12)23-5-7-24(8-6-23)16-19-10-13(18)11-20-16/h9-11H,5-8H2,1-4H3. The van der Waals surface area contributed by atoms with Crippen LogP contribution in [-0.2, 0) is 5.41 Å². The van der Waals surface area contributed by atoms with Crippen LogP contribution < -0.4 is 9.80 Å². The van der Waals surface area contributed by atoms with Gasteiger partial charge in [-0.25, -0.2) is 19.9 Å².